The lowest BCUT2D eigenvalue weighted by Gasteiger charge is -2.21. The zero-order valence-corrected chi connectivity index (χ0v) is 10.7. The van der Waals surface area contributed by atoms with Crippen molar-refractivity contribution in [3.8, 4) is 0 Å². The van der Waals surface area contributed by atoms with E-state index in [0.29, 0.717) is 16.8 Å². The second-order valence-electron chi connectivity index (χ2n) is 4.71. The van der Waals surface area contributed by atoms with Gasteiger partial charge in [-0.1, -0.05) is 18.5 Å². The highest BCUT2D eigenvalue weighted by Crippen LogP contribution is 2.26. The first-order chi connectivity index (χ1) is 7.99. The van der Waals surface area contributed by atoms with Gasteiger partial charge in [0.2, 0.25) is 0 Å². The van der Waals surface area contributed by atoms with Crippen molar-refractivity contribution in [1.29, 1.82) is 0 Å². The molecular weight excluding hydrogens is 238 g/mol. The van der Waals surface area contributed by atoms with Crippen molar-refractivity contribution in [3.05, 3.63) is 22.8 Å². The molecule has 0 radical (unpaired) electrons. The van der Waals surface area contributed by atoms with Crippen molar-refractivity contribution in [1.82, 2.24) is 9.88 Å². The van der Waals surface area contributed by atoms with E-state index in [2.05, 4.69) is 11.9 Å². The van der Waals surface area contributed by atoms with E-state index in [1.165, 1.54) is 0 Å². The summed E-state index contributed by atoms with van der Waals surface area (Å²) in [4.78, 5) is 18.1. The molecule has 0 aliphatic carbocycles. The predicted molar refractivity (Wildman–Crippen MR) is 67.9 cm³/mol. The summed E-state index contributed by atoms with van der Waals surface area (Å²) in [5.74, 6) is 0.714. The van der Waals surface area contributed by atoms with Crippen molar-refractivity contribution in [2.75, 3.05) is 12.3 Å². The van der Waals surface area contributed by atoms with Gasteiger partial charge in [0.15, 0.2) is 0 Å². The summed E-state index contributed by atoms with van der Waals surface area (Å²) in [5.41, 5.74) is 5.84. The number of amides is 1. The van der Waals surface area contributed by atoms with E-state index < -0.39 is 0 Å². The Morgan fingerprint density at radius 1 is 1.53 bits per heavy atom. The summed E-state index contributed by atoms with van der Waals surface area (Å²) in [7, 11) is 0. The Morgan fingerprint density at radius 2 is 2.24 bits per heavy atom. The average Bonchev–Trinajstić information content (AvgIpc) is 2.60. The number of aromatic nitrogens is 1. The van der Waals surface area contributed by atoms with E-state index in [4.69, 9.17) is 17.3 Å². The van der Waals surface area contributed by atoms with Crippen LogP contribution >= 0.6 is 11.6 Å². The Kier molecular flexibility index (Phi) is 3.24. The topological polar surface area (TPSA) is 59.2 Å². The van der Waals surface area contributed by atoms with Gasteiger partial charge in [0.05, 0.1) is 5.02 Å². The number of nitrogens with two attached hydrogens (primary N) is 1. The zero-order valence-electron chi connectivity index (χ0n) is 9.98. The number of pyridine rings is 1. The molecule has 2 heterocycles. The van der Waals surface area contributed by atoms with Crippen LogP contribution in [0.3, 0.4) is 0 Å². The number of hydrogen-bond acceptors (Lipinski definition) is 3. The Labute approximate surface area is 106 Å². The van der Waals surface area contributed by atoms with Gasteiger partial charge in [0.1, 0.15) is 11.5 Å². The van der Waals surface area contributed by atoms with Crippen LogP contribution in [0.4, 0.5) is 5.82 Å². The number of likely N-dealkylation sites (tertiary alicyclic amines) is 1. The van der Waals surface area contributed by atoms with E-state index >= 15 is 0 Å². The van der Waals surface area contributed by atoms with Crippen molar-refractivity contribution in [2.24, 2.45) is 5.92 Å². The largest absolute Gasteiger partial charge is 0.384 e. The van der Waals surface area contributed by atoms with Gasteiger partial charge in [-0.05, 0) is 31.4 Å². The third-order valence-electron chi connectivity index (χ3n) is 3.11. The summed E-state index contributed by atoms with van der Waals surface area (Å²) >= 11 is 5.99. The minimum absolute atomic E-state index is 0.126. The molecule has 5 heteroatoms. The lowest BCUT2D eigenvalue weighted by molar-refractivity contribution is 0.0738. The first-order valence-corrected chi connectivity index (χ1v) is 6.10. The molecule has 4 nitrogen and oxygen atoms in total. The number of nitrogen functional groups attached to an aromatic ring is 1. The molecule has 2 atom stereocenters. The van der Waals surface area contributed by atoms with Gasteiger partial charge >= 0.3 is 0 Å². The predicted octanol–water partition coefficient (Wildman–Crippen LogP) is 2.19. The minimum atomic E-state index is -0.126. The molecule has 1 saturated heterocycles. The van der Waals surface area contributed by atoms with Gasteiger partial charge in [-0.25, -0.2) is 4.98 Å². The normalized spacial score (nSPS) is 24.1. The SMILES string of the molecule is CC1CC(C)N(C(=O)c2nc(N)ccc2Cl)C1. The van der Waals surface area contributed by atoms with E-state index in [9.17, 15) is 4.79 Å². The van der Waals surface area contributed by atoms with Gasteiger partial charge in [-0.15, -0.1) is 0 Å². The maximum atomic E-state index is 12.3. The van der Waals surface area contributed by atoms with E-state index in [-0.39, 0.29) is 17.6 Å². The Hall–Kier alpha value is -1.29. The summed E-state index contributed by atoms with van der Waals surface area (Å²) < 4.78 is 0. The monoisotopic (exact) mass is 253 g/mol. The molecule has 2 N–H and O–H groups in total. The Balaban J connectivity index is 2.28. The smallest absolute Gasteiger partial charge is 0.274 e. The van der Waals surface area contributed by atoms with E-state index in [1.807, 2.05) is 11.8 Å². The molecule has 0 saturated carbocycles. The number of nitrogens with zero attached hydrogens (tertiary/aromatic N) is 2. The molecular formula is C12H16ClN3O. The number of carbonyl (C=O) groups is 1. The first kappa shape index (κ1) is 12.2. The Bertz CT molecular complexity index is 449. The molecule has 0 aromatic carbocycles. The van der Waals surface area contributed by atoms with Crippen molar-refractivity contribution in [2.45, 2.75) is 26.3 Å². The molecule has 1 aliphatic heterocycles. The summed E-state index contributed by atoms with van der Waals surface area (Å²) in [5, 5.41) is 0.357. The van der Waals surface area contributed by atoms with E-state index in [0.717, 1.165) is 13.0 Å². The summed E-state index contributed by atoms with van der Waals surface area (Å²) in [6, 6.07) is 3.44. The fourth-order valence-corrected chi connectivity index (χ4v) is 2.51. The third kappa shape index (κ3) is 2.36. The second kappa shape index (κ2) is 4.53. The van der Waals surface area contributed by atoms with Crippen LogP contribution in [-0.2, 0) is 0 Å². The highest BCUT2D eigenvalue weighted by Gasteiger charge is 2.32. The lowest BCUT2D eigenvalue weighted by Crippen LogP contribution is -2.34. The van der Waals surface area contributed by atoms with Crippen LogP contribution in [0.15, 0.2) is 12.1 Å². The number of rotatable bonds is 1. The van der Waals surface area contributed by atoms with Crippen molar-refractivity contribution >= 4 is 23.3 Å². The van der Waals surface area contributed by atoms with Crippen LogP contribution in [-0.4, -0.2) is 28.4 Å². The molecule has 1 aromatic rings. The van der Waals surface area contributed by atoms with Gasteiger partial charge in [0, 0.05) is 12.6 Å². The van der Waals surface area contributed by atoms with Crippen LogP contribution in [0.25, 0.3) is 0 Å². The minimum Gasteiger partial charge on any atom is -0.384 e. The van der Waals surface area contributed by atoms with Gasteiger partial charge in [-0.3, -0.25) is 4.79 Å². The first-order valence-electron chi connectivity index (χ1n) is 5.72. The fraction of sp³-hybridized carbons (Fsp3) is 0.500. The Morgan fingerprint density at radius 3 is 2.82 bits per heavy atom. The number of anilines is 1. The van der Waals surface area contributed by atoms with Crippen LogP contribution < -0.4 is 5.73 Å². The standard InChI is InChI=1S/C12H16ClN3O/c1-7-5-8(2)16(6-7)12(17)11-9(13)3-4-10(14)15-11/h3-4,7-8H,5-6H2,1-2H3,(H2,14,15). The van der Waals surface area contributed by atoms with Crippen LogP contribution in [0.1, 0.15) is 30.8 Å². The van der Waals surface area contributed by atoms with Crippen molar-refractivity contribution < 1.29 is 4.79 Å². The number of halogens is 1. The fourth-order valence-electron chi connectivity index (χ4n) is 2.33. The molecule has 2 rings (SSSR count). The molecule has 0 bridgehead atoms. The van der Waals surface area contributed by atoms with Crippen LogP contribution in [0, 0.1) is 5.92 Å². The maximum absolute atomic E-state index is 12.3. The summed E-state index contributed by atoms with van der Waals surface area (Å²) in [6.07, 6.45) is 1.02. The van der Waals surface area contributed by atoms with Gasteiger partial charge < -0.3 is 10.6 Å². The van der Waals surface area contributed by atoms with Crippen LogP contribution in [0.5, 0.6) is 0 Å². The number of carbonyl (C=O) groups excluding carboxylic acids is 1. The molecule has 1 aromatic heterocycles. The summed E-state index contributed by atoms with van der Waals surface area (Å²) in [6.45, 7) is 4.94. The molecule has 1 aliphatic rings. The van der Waals surface area contributed by atoms with Gasteiger partial charge in [0.25, 0.3) is 5.91 Å². The molecule has 17 heavy (non-hydrogen) atoms. The average molecular weight is 254 g/mol. The number of hydrogen-bond donors (Lipinski definition) is 1. The lowest BCUT2D eigenvalue weighted by atomic mass is 10.1. The van der Waals surface area contributed by atoms with E-state index in [1.54, 1.807) is 12.1 Å². The molecule has 92 valence electrons. The van der Waals surface area contributed by atoms with Crippen LogP contribution in [0.2, 0.25) is 5.02 Å². The second-order valence-corrected chi connectivity index (χ2v) is 5.12. The molecule has 0 spiro atoms. The molecule has 1 amide bonds. The molecule has 1 fully saturated rings. The maximum Gasteiger partial charge on any atom is 0.274 e. The van der Waals surface area contributed by atoms with Crippen molar-refractivity contribution in [3.63, 3.8) is 0 Å². The zero-order chi connectivity index (χ0) is 12.6. The quantitative estimate of drug-likeness (QED) is 0.835. The van der Waals surface area contributed by atoms with Gasteiger partial charge in [-0.2, -0.15) is 0 Å². The third-order valence-corrected chi connectivity index (χ3v) is 3.42. The molecule has 2 unspecified atom stereocenters. The highest BCUT2D eigenvalue weighted by atomic mass is 35.5. The highest BCUT2D eigenvalue weighted by molar-refractivity contribution is 6.33.